The van der Waals surface area contributed by atoms with Gasteiger partial charge in [-0.2, -0.15) is 0 Å². The molecule has 1 nitrogen and oxygen atoms in total. The van der Waals surface area contributed by atoms with Crippen molar-refractivity contribution >= 4 is 11.6 Å². The van der Waals surface area contributed by atoms with Gasteiger partial charge in [-0.15, -0.1) is 0 Å². The van der Waals surface area contributed by atoms with Crippen molar-refractivity contribution in [2.75, 3.05) is 0 Å². The van der Waals surface area contributed by atoms with Gasteiger partial charge in [0.1, 0.15) is 5.82 Å². The largest absolute Gasteiger partial charge is 0.327 e. The lowest BCUT2D eigenvalue weighted by molar-refractivity contribution is 0.528. The van der Waals surface area contributed by atoms with E-state index in [9.17, 15) is 4.39 Å². The predicted molar refractivity (Wildman–Crippen MR) is 69.8 cm³/mol. The van der Waals surface area contributed by atoms with Gasteiger partial charge in [0.25, 0.3) is 0 Å². The molecule has 1 fully saturated rings. The molecular formula is C14H19ClFN. The molecule has 0 bridgehead atoms. The molecule has 3 heteroatoms. The van der Waals surface area contributed by atoms with Crippen molar-refractivity contribution in [3.8, 4) is 0 Å². The van der Waals surface area contributed by atoms with Crippen LogP contribution in [0.1, 0.15) is 36.8 Å². The summed E-state index contributed by atoms with van der Waals surface area (Å²) in [5.41, 5.74) is 7.77. The van der Waals surface area contributed by atoms with Crippen LogP contribution in [0.2, 0.25) is 5.02 Å². The van der Waals surface area contributed by atoms with Crippen molar-refractivity contribution in [2.24, 2.45) is 11.7 Å². The van der Waals surface area contributed by atoms with E-state index in [1.165, 1.54) is 12.8 Å². The minimum absolute atomic E-state index is 0.228. The number of rotatable bonds is 5. The van der Waals surface area contributed by atoms with Gasteiger partial charge in [0.15, 0.2) is 0 Å². The molecule has 0 saturated heterocycles. The van der Waals surface area contributed by atoms with E-state index < -0.39 is 0 Å². The smallest absolute Gasteiger partial charge is 0.144 e. The summed E-state index contributed by atoms with van der Waals surface area (Å²) >= 11 is 5.82. The van der Waals surface area contributed by atoms with Crippen molar-refractivity contribution in [2.45, 2.75) is 45.1 Å². The lowest BCUT2D eigenvalue weighted by Crippen LogP contribution is -2.22. The highest BCUT2D eigenvalue weighted by Gasteiger charge is 2.27. The summed E-state index contributed by atoms with van der Waals surface area (Å²) in [7, 11) is 0. The van der Waals surface area contributed by atoms with E-state index in [2.05, 4.69) is 0 Å². The highest BCUT2D eigenvalue weighted by molar-refractivity contribution is 6.30. The summed E-state index contributed by atoms with van der Waals surface area (Å²) in [6.45, 7) is 1.75. The van der Waals surface area contributed by atoms with Gasteiger partial charge in [-0.3, -0.25) is 0 Å². The molecule has 0 aliphatic heterocycles. The maximum atomic E-state index is 13.3. The van der Waals surface area contributed by atoms with Crippen LogP contribution < -0.4 is 5.73 Å². The molecule has 0 radical (unpaired) electrons. The molecule has 1 atom stereocenters. The second-order valence-electron chi connectivity index (χ2n) is 5.10. The van der Waals surface area contributed by atoms with Crippen molar-refractivity contribution in [1.29, 1.82) is 0 Å². The molecule has 0 spiro atoms. The molecule has 1 unspecified atom stereocenters. The molecule has 1 saturated carbocycles. The van der Waals surface area contributed by atoms with Crippen molar-refractivity contribution in [3.63, 3.8) is 0 Å². The van der Waals surface area contributed by atoms with Crippen molar-refractivity contribution in [3.05, 3.63) is 34.1 Å². The Kier molecular flexibility index (Phi) is 4.05. The molecule has 1 aliphatic carbocycles. The lowest BCUT2D eigenvalue weighted by atomic mass is 10.0. The van der Waals surface area contributed by atoms with Gasteiger partial charge in [-0.05, 0) is 62.1 Å². The van der Waals surface area contributed by atoms with Gasteiger partial charge in [-0.1, -0.05) is 17.7 Å². The maximum Gasteiger partial charge on any atom is 0.144 e. The second-order valence-corrected chi connectivity index (χ2v) is 5.51. The summed E-state index contributed by atoms with van der Waals surface area (Å²) in [5.74, 6) is 0.457. The first-order chi connectivity index (χ1) is 8.08. The van der Waals surface area contributed by atoms with Crippen LogP contribution in [0.25, 0.3) is 0 Å². The molecule has 17 heavy (non-hydrogen) atoms. The topological polar surface area (TPSA) is 26.0 Å². The number of halogens is 2. The number of benzene rings is 1. The molecular weight excluding hydrogens is 237 g/mol. The Labute approximate surface area is 107 Å². The van der Waals surface area contributed by atoms with E-state index in [1.54, 1.807) is 13.0 Å². The van der Waals surface area contributed by atoms with Gasteiger partial charge < -0.3 is 5.73 Å². The zero-order chi connectivity index (χ0) is 12.4. The van der Waals surface area contributed by atoms with E-state index in [-0.39, 0.29) is 10.8 Å². The second kappa shape index (κ2) is 5.36. The minimum Gasteiger partial charge on any atom is -0.327 e. The Morgan fingerprint density at radius 2 is 2.18 bits per heavy atom. The zero-order valence-electron chi connectivity index (χ0n) is 10.2. The van der Waals surface area contributed by atoms with Gasteiger partial charge in [0.05, 0.1) is 5.02 Å². The molecule has 2 N–H and O–H groups in total. The predicted octanol–water partition coefficient (Wildman–Crippen LogP) is 3.85. The lowest BCUT2D eigenvalue weighted by Gasteiger charge is -2.10. The third-order valence-electron chi connectivity index (χ3n) is 3.50. The standard InChI is InChI=1S/C14H19ClFN/c1-9-7-10(8-12(15)14(9)16)3-2-4-13(17)11-5-6-11/h7-8,11,13H,2-6,17H2,1H3. The van der Waals surface area contributed by atoms with E-state index in [0.717, 1.165) is 30.7 Å². The van der Waals surface area contributed by atoms with Gasteiger partial charge in [0.2, 0.25) is 0 Å². The van der Waals surface area contributed by atoms with Crippen LogP contribution in [0, 0.1) is 18.7 Å². The number of nitrogens with two attached hydrogens (primary N) is 1. The first-order valence-electron chi connectivity index (χ1n) is 6.28. The van der Waals surface area contributed by atoms with Gasteiger partial charge in [0, 0.05) is 6.04 Å². The average molecular weight is 256 g/mol. The average Bonchev–Trinajstić information content (AvgIpc) is 3.09. The third kappa shape index (κ3) is 3.43. The number of aryl methyl sites for hydroxylation is 2. The highest BCUT2D eigenvalue weighted by Crippen LogP contribution is 2.33. The Bertz CT molecular complexity index is 378. The summed E-state index contributed by atoms with van der Waals surface area (Å²) in [6.07, 6.45) is 5.63. The fourth-order valence-electron chi connectivity index (χ4n) is 2.24. The zero-order valence-corrected chi connectivity index (χ0v) is 10.9. The van der Waals surface area contributed by atoms with Crippen LogP contribution in [-0.4, -0.2) is 6.04 Å². The number of hydrogen-bond donors (Lipinski definition) is 1. The molecule has 1 aromatic carbocycles. The molecule has 94 valence electrons. The fraction of sp³-hybridized carbons (Fsp3) is 0.571. The number of hydrogen-bond acceptors (Lipinski definition) is 1. The summed E-state index contributed by atoms with van der Waals surface area (Å²) in [5, 5.41) is 0.228. The molecule has 0 heterocycles. The van der Waals surface area contributed by atoms with Crippen molar-refractivity contribution < 1.29 is 4.39 Å². The normalized spacial score (nSPS) is 17.2. The van der Waals surface area contributed by atoms with Crippen LogP contribution >= 0.6 is 11.6 Å². The Hall–Kier alpha value is -0.600. The van der Waals surface area contributed by atoms with Crippen LogP contribution in [0.3, 0.4) is 0 Å². The monoisotopic (exact) mass is 255 g/mol. The molecule has 2 rings (SSSR count). The summed E-state index contributed by atoms with van der Waals surface area (Å²) in [4.78, 5) is 0. The summed E-state index contributed by atoms with van der Waals surface area (Å²) < 4.78 is 13.3. The fourth-order valence-corrected chi connectivity index (χ4v) is 2.53. The van der Waals surface area contributed by atoms with Crippen LogP contribution in [-0.2, 0) is 6.42 Å². The third-order valence-corrected chi connectivity index (χ3v) is 3.78. The van der Waals surface area contributed by atoms with E-state index >= 15 is 0 Å². The Morgan fingerprint density at radius 1 is 1.47 bits per heavy atom. The van der Waals surface area contributed by atoms with Crippen LogP contribution in [0.4, 0.5) is 4.39 Å². The molecule has 0 aromatic heterocycles. The summed E-state index contributed by atoms with van der Waals surface area (Å²) in [6, 6.07) is 3.96. The van der Waals surface area contributed by atoms with E-state index in [0.29, 0.717) is 11.6 Å². The first-order valence-corrected chi connectivity index (χ1v) is 6.66. The highest BCUT2D eigenvalue weighted by atomic mass is 35.5. The Morgan fingerprint density at radius 3 is 2.76 bits per heavy atom. The maximum absolute atomic E-state index is 13.3. The minimum atomic E-state index is -0.301. The van der Waals surface area contributed by atoms with Crippen molar-refractivity contribution in [1.82, 2.24) is 0 Å². The van der Waals surface area contributed by atoms with E-state index in [4.69, 9.17) is 17.3 Å². The molecule has 0 amide bonds. The van der Waals surface area contributed by atoms with E-state index in [1.807, 2.05) is 6.07 Å². The van der Waals surface area contributed by atoms with Gasteiger partial charge in [-0.25, -0.2) is 4.39 Å². The van der Waals surface area contributed by atoms with Gasteiger partial charge >= 0.3 is 0 Å². The first kappa shape index (κ1) is 12.8. The molecule has 1 aromatic rings. The SMILES string of the molecule is Cc1cc(CCCC(N)C2CC2)cc(Cl)c1F. The Balaban J connectivity index is 1.86. The van der Waals surface area contributed by atoms with Crippen LogP contribution in [0.5, 0.6) is 0 Å². The van der Waals surface area contributed by atoms with Crippen LogP contribution in [0.15, 0.2) is 12.1 Å². The quantitative estimate of drug-likeness (QED) is 0.850. The molecule has 1 aliphatic rings.